The highest BCUT2D eigenvalue weighted by molar-refractivity contribution is 6.03. The molecule has 1 heterocycles. The van der Waals surface area contributed by atoms with E-state index in [4.69, 9.17) is 4.42 Å². The molecule has 2 aromatic carbocycles. The van der Waals surface area contributed by atoms with Gasteiger partial charge in [-0.25, -0.2) is 0 Å². The maximum Gasteiger partial charge on any atom is 0.302 e. The van der Waals surface area contributed by atoms with Crippen molar-refractivity contribution in [3.8, 4) is 0 Å². The Labute approximate surface area is 118 Å². The van der Waals surface area contributed by atoms with Gasteiger partial charge in [-0.2, -0.15) is 4.98 Å². The van der Waals surface area contributed by atoms with Crippen LogP contribution in [-0.2, 0) is 0 Å². The van der Waals surface area contributed by atoms with Crippen molar-refractivity contribution in [1.29, 1.82) is 0 Å². The number of anilines is 1. The minimum atomic E-state index is -0.524. The summed E-state index contributed by atoms with van der Waals surface area (Å²) in [6.45, 7) is 0. The second-order valence-electron chi connectivity index (χ2n) is 4.25. The van der Waals surface area contributed by atoms with E-state index in [-0.39, 0.29) is 23.2 Å². The predicted molar refractivity (Wildman–Crippen MR) is 75.1 cm³/mol. The van der Waals surface area contributed by atoms with E-state index >= 15 is 0 Å². The van der Waals surface area contributed by atoms with Crippen LogP contribution in [0.2, 0.25) is 0 Å². The van der Waals surface area contributed by atoms with Gasteiger partial charge in [0.05, 0.1) is 11.0 Å². The number of amides is 1. The van der Waals surface area contributed by atoms with Crippen LogP contribution >= 0.6 is 0 Å². The number of oxazole rings is 1. The van der Waals surface area contributed by atoms with Crippen molar-refractivity contribution < 1.29 is 14.1 Å². The molecule has 0 spiro atoms. The number of carbonyl (C=O) groups is 1. The highest BCUT2D eigenvalue weighted by Crippen LogP contribution is 2.23. The van der Waals surface area contributed by atoms with E-state index in [0.717, 1.165) is 0 Å². The van der Waals surface area contributed by atoms with Gasteiger partial charge >= 0.3 is 6.01 Å². The minimum absolute atomic E-state index is 0.000601. The Kier molecular flexibility index (Phi) is 3.07. The van der Waals surface area contributed by atoms with Crippen LogP contribution in [0.1, 0.15) is 10.4 Å². The van der Waals surface area contributed by atoms with Crippen molar-refractivity contribution in [3.05, 3.63) is 64.2 Å². The first-order valence-electron chi connectivity index (χ1n) is 6.05. The van der Waals surface area contributed by atoms with Crippen LogP contribution in [0.25, 0.3) is 11.1 Å². The molecule has 0 radical (unpaired) electrons. The van der Waals surface area contributed by atoms with Crippen LogP contribution in [0.15, 0.2) is 52.9 Å². The fourth-order valence-electron chi connectivity index (χ4n) is 1.84. The molecular weight excluding hydrogens is 274 g/mol. The Bertz CT molecular complexity index is 827. The third-order valence-corrected chi connectivity index (χ3v) is 2.84. The van der Waals surface area contributed by atoms with Crippen molar-refractivity contribution in [2.45, 2.75) is 0 Å². The van der Waals surface area contributed by atoms with Gasteiger partial charge in [0.1, 0.15) is 5.52 Å². The van der Waals surface area contributed by atoms with Gasteiger partial charge in [-0.05, 0) is 18.2 Å². The number of carbonyl (C=O) groups excluding carboxylic acids is 1. The topological polar surface area (TPSA) is 98.3 Å². The number of nitrogens with zero attached hydrogens (tertiary/aromatic N) is 2. The van der Waals surface area contributed by atoms with Crippen LogP contribution in [-0.4, -0.2) is 15.8 Å². The van der Waals surface area contributed by atoms with Crippen molar-refractivity contribution in [2.75, 3.05) is 5.32 Å². The Morgan fingerprint density at radius 2 is 1.95 bits per heavy atom. The van der Waals surface area contributed by atoms with E-state index in [2.05, 4.69) is 10.3 Å². The Morgan fingerprint density at radius 1 is 1.19 bits per heavy atom. The summed E-state index contributed by atoms with van der Waals surface area (Å²) in [6.07, 6.45) is 0. The highest BCUT2D eigenvalue weighted by Gasteiger charge is 2.14. The molecule has 0 bridgehead atoms. The van der Waals surface area contributed by atoms with Crippen LogP contribution in [0.4, 0.5) is 11.7 Å². The monoisotopic (exact) mass is 283 g/mol. The van der Waals surface area contributed by atoms with Gasteiger partial charge in [-0.15, -0.1) is 0 Å². The molecule has 0 unspecified atom stereocenters. The zero-order chi connectivity index (χ0) is 14.8. The lowest BCUT2D eigenvalue weighted by Crippen LogP contribution is -2.11. The van der Waals surface area contributed by atoms with Gasteiger partial charge in [-0.3, -0.25) is 20.2 Å². The van der Waals surface area contributed by atoms with Crippen molar-refractivity contribution in [1.82, 2.24) is 4.98 Å². The molecule has 0 fully saturated rings. The van der Waals surface area contributed by atoms with Gasteiger partial charge in [0.25, 0.3) is 11.6 Å². The molecule has 3 rings (SSSR count). The fourth-order valence-corrected chi connectivity index (χ4v) is 1.84. The summed E-state index contributed by atoms with van der Waals surface area (Å²) in [4.78, 5) is 26.2. The SMILES string of the molecule is O=C(Nc1nc2ccc([N+](=O)[O-])cc2o1)c1ccccc1. The average Bonchev–Trinajstić information content (AvgIpc) is 2.89. The largest absolute Gasteiger partial charge is 0.423 e. The molecule has 0 saturated heterocycles. The molecule has 1 amide bonds. The van der Waals surface area contributed by atoms with Crippen molar-refractivity contribution in [3.63, 3.8) is 0 Å². The second-order valence-corrected chi connectivity index (χ2v) is 4.25. The molecule has 0 aliphatic carbocycles. The third-order valence-electron chi connectivity index (χ3n) is 2.84. The first kappa shape index (κ1) is 12.8. The maximum absolute atomic E-state index is 11.9. The quantitative estimate of drug-likeness (QED) is 0.588. The highest BCUT2D eigenvalue weighted by atomic mass is 16.6. The first-order chi connectivity index (χ1) is 10.1. The number of hydrogen-bond donors (Lipinski definition) is 1. The number of nitro groups is 1. The van der Waals surface area contributed by atoms with E-state index in [1.165, 1.54) is 18.2 Å². The molecule has 21 heavy (non-hydrogen) atoms. The number of benzene rings is 2. The van der Waals surface area contributed by atoms with Gasteiger partial charge in [-0.1, -0.05) is 18.2 Å². The van der Waals surface area contributed by atoms with E-state index < -0.39 is 4.92 Å². The van der Waals surface area contributed by atoms with Crippen LogP contribution < -0.4 is 5.32 Å². The van der Waals surface area contributed by atoms with Gasteiger partial charge < -0.3 is 4.42 Å². The van der Waals surface area contributed by atoms with Crippen molar-refractivity contribution >= 4 is 28.7 Å². The zero-order valence-corrected chi connectivity index (χ0v) is 10.6. The lowest BCUT2D eigenvalue weighted by atomic mass is 10.2. The summed E-state index contributed by atoms with van der Waals surface area (Å²) >= 11 is 0. The molecular formula is C14H9N3O4. The standard InChI is InChI=1S/C14H9N3O4/c18-13(9-4-2-1-3-5-9)16-14-15-11-7-6-10(17(19)20)8-12(11)21-14/h1-8H,(H,15,16,18). The molecule has 1 aromatic heterocycles. The fraction of sp³-hybridized carbons (Fsp3) is 0. The number of fused-ring (bicyclic) bond motifs is 1. The molecule has 0 aliphatic heterocycles. The average molecular weight is 283 g/mol. The van der Waals surface area contributed by atoms with Crippen LogP contribution in [0.3, 0.4) is 0 Å². The number of rotatable bonds is 3. The van der Waals surface area contributed by atoms with Gasteiger partial charge in [0.2, 0.25) is 0 Å². The number of nitrogens with one attached hydrogen (secondary N) is 1. The molecule has 104 valence electrons. The number of non-ortho nitro benzene ring substituents is 1. The Balaban J connectivity index is 1.88. The van der Waals surface area contributed by atoms with E-state index in [0.29, 0.717) is 11.1 Å². The second kappa shape index (κ2) is 5.04. The van der Waals surface area contributed by atoms with Crippen molar-refractivity contribution in [2.24, 2.45) is 0 Å². The van der Waals surface area contributed by atoms with Crippen LogP contribution in [0.5, 0.6) is 0 Å². The van der Waals surface area contributed by atoms with Gasteiger partial charge in [0, 0.05) is 11.6 Å². The molecule has 7 heteroatoms. The summed E-state index contributed by atoms with van der Waals surface area (Å²) in [6, 6.07) is 12.7. The van der Waals surface area contributed by atoms with E-state index in [1.54, 1.807) is 30.3 Å². The number of nitro benzene ring substituents is 1. The number of hydrogen-bond acceptors (Lipinski definition) is 5. The predicted octanol–water partition coefficient (Wildman–Crippen LogP) is 2.99. The molecule has 0 saturated carbocycles. The minimum Gasteiger partial charge on any atom is -0.423 e. The molecule has 0 aliphatic rings. The summed E-state index contributed by atoms with van der Waals surface area (Å²) < 4.78 is 5.30. The Hall–Kier alpha value is -3.22. The smallest absolute Gasteiger partial charge is 0.302 e. The number of aromatic nitrogens is 1. The first-order valence-corrected chi connectivity index (χ1v) is 6.05. The molecule has 0 atom stereocenters. The summed E-state index contributed by atoms with van der Waals surface area (Å²) in [5.41, 5.74) is 1.04. The third kappa shape index (κ3) is 2.57. The summed E-state index contributed by atoms with van der Waals surface area (Å²) in [5, 5.41) is 13.2. The zero-order valence-electron chi connectivity index (χ0n) is 10.6. The molecule has 7 nitrogen and oxygen atoms in total. The maximum atomic E-state index is 11.9. The van der Waals surface area contributed by atoms with E-state index in [9.17, 15) is 14.9 Å². The normalized spacial score (nSPS) is 10.5. The Morgan fingerprint density at radius 3 is 2.67 bits per heavy atom. The lowest BCUT2D eigenvalue weighted by Gasteiger charge is -1.99. The van der Waals surface area contributed by atoms with Gasteiger partial charge in [0.15, 0.2) is 5.58 Å². The molecule has 1 N–H and O–H groups in total. The summed E-state index contributed by atoms with van der Waals surface area (Å²) in [7, 11) is 0. The summed E-state index contributed by atoms with van der Waals surface area (Å²) in [5.74, 6) is -0.364. The van der Waals surface area contributed by atoms with Crippen LogP contribution in [0, 0.1) is 10.1 Å². The van der Waals surface area contributed by atoms with E-state index in [1.807, 2.05) is 0 Å². The molecule has 3 aromatic rings. The lowest BCUT2D eigenvalue weighted by molar-refractivity contribution is -0.384.